The van der Waals surface area contributed by atoms with Crippen molar-refractivity contribution in [3.8, 4) is 0 Å². The van der Waals surface area contributed by atoms with E-state index in [0.29, 0.717) is 13.0 Å². The number of benzene rings is 1. The number of halogens is 2. The van der Waals surface area contributed by atoms with Crippen molar-refractivity contribution >= 4 is 43.5 Å². The maximum Gasteiger partial charge on any atom is 0.337 e. The summed E-state index contributed by atoms with van der Waals surface area (Å²) >= 11 is 8.91. The predicted molar refractivity (Wildman–Crippen MR) is 77.5 cm³/mol. The summed E-state index contributed by atoms with van der Waals surface area (Å²) in [5, 5.41) is 9.02. The third-order valence-corrected chi connectivity index (χ3v) is 6.16. The Hall–Kier alpha value is -0.670. The standard InChI is InChI=1S/C11H12BrClN2O4S/c12-9-4-7(3-8(10(9)13)11(16)17)20(18,19)15-2-1-6(14)5-15/h3-4,6H,1-2,5,14H2,(H,16,17). The molecular formula is C11H12BrClN2O4S. The van der Waals surface area contributed by atoms with Gasteiger partial charge < -0.3 is 10.8 Å². The highest BCUT2D eigenvalue weighted by atomic mass is 79.9. The summed E-state index contributed by atoms with van der Waals surface area (Å²) in [6.07, 6.45) is 0.583. The third kappa shape index (κ3) is 2.84. The van der Waals surface area contributed by atoms with Crippen molar-refractivity contribution in [3.05, 3.63) is 27.2 Å². The molecule has 3 N–H and O–H groups in total. The summed E-state index contributed by atoms with van der Waals surface area (Å²) in [5.74, 6) is -1.29. The number of nitrogens with two attached hydrogens (primary N) is 1. The number of carboxylic acid groups (broad SMARTS) is 1. The molecule has 1 fully saturated rings. The van der Waals surface area contributed by atoms with Gasteiger partial charge in [-0.3, -0.25) is 0 Å². The van der Waals surface area contributed by atoms with E-state index in [1.54, 1.807) is 0 Å². The van der Waals surface area contributed by atoms with Gasteiger partial charge in [0.25, 0.3) is 0 Å². The van der Waals surface area contributed by atoms with E-state index in [2.05, 4.69) is 15.9 Å². The van der Waals surface area contributed by atoms with Gasteiger partial charge in [0, 0.05) is 23.6 Å². The SMILES string of the molecule is NC1CCN(S(=O)(=O)c2cc(Br)c(Cl)c(C(=O)O)c2)C1. The van der Waals surface area contributed by atoms with Crippen LogP contribution in [0.15, 0.2) is 21.5 Å². The van der Waals surface area contributed by atoms with Crippen molar-refractivity contribution in [1.29, 1.82) is 0 Å². The molecule has 1 aliphatic heterocycles. The second-order valence-electron chi connectivity index (χ2n) is 4.48. The van der Waals surface area contributed by atoms with Crippen LogP contribution in [0.1, 0.15) is 16.8 Å². The fraction of sp³-hybridized carbons (Fsp3) is 0.364. The van der Waals surface area contributed by atoms with Gasteiger partial charge in [0.1, 0.15) is 0 Å². The Morgan fingerprint density at radius 2 is 2.15 bits per heavy atom. The van der Waals surface area contributed by atoms with Gasteiger partial charge in [0.05, 0.1) is 15.5 Å². The largest absolute Gasteiger partial charge is 0.478 e. The molecule has 6 nitrogen and oxygen atoms in total. The van der Waals surface area contributed by atoms with Crippen molar-refractivity contribution in [1.82, 2.24) is 4.31 Å². The van der Waals surface area contributed by atoms with E-state index in [-0.39, 0.29) is 32.5 Å². The van der Waals surface area contributed by atoms with Gasteiger partial charge >= 0.3 is 5.97 Å². The zero-order valence-corrected chi connectivity index (χ0v) is 13.4. The van der Waals surface area contributed by atoms with Crippen molar-refractivity contribution in [3.63, 3.8) is 0 Å². The smallest absolute Gasteiger partial charge is 0.337 e. The molecule has 1 atom stereocenters. The molecule has 20 heavy (non-hydrogen) atoms. The molecule has 1 aromatic carbocycles. The minimum atomic E-state index is -3.77. The van der Waals surface area contributed by atoms with E-state index < -0.39 is 16.0 Å². The molecule has 1 saturated heterocycles. The van der Waals surface area contributed by atoms with Crippen molar-refractivity contribution in [2.75, 3.05) is 13.1 Å². The maximum atomic E-state index is 12.4. The monoisotopic (exact) mass is 382 g/mol. The Bertz CT molecular complexity index is 665. The first-order valence-electron chi connectivity index (χ1n) is 5.71. The molecule has 0 aliphatic carbocycles. The average Bonchev–Trinajstić information content (AvgIpc) is 2.79. The molecular weight excluding hydrogens is 372 g/mol. The summed E-state index contributed by atoms with van der Waals surface area (Å²) in [6.45, 7) is 0.553. The Kier molecular flexibility index (Phi) is 4.41. The lowest BCUT2D eigenvalue weighted by Gasteiger charge is -2.17. The molecule has 0 spiro atoms. The first kappa shape index (κ1) is 15.7. The summed E-state index contributed by atoms with van der Waals surface area (Å²) in [4.78, 5) is 11.0. The molecule has 1 aliphatic rings. The number of carbonyl (C=O) groups is 1. The molecule has 0 aromatic heterocycles. The molecule has 0 bridgehead atoms. The van der Waals surface area contributed by atoms with E-state index in [4.69, 9.17) is 22.4 Å². The highest BCUT2D eigenvalue weighted by molar-refractivity contribution is 9.10. The first-order chi connectivity index (χ1) is 9.23. The van der Waals surface area contributed by atoms with Gasteiger partial charge in [-0.2, -0.15) is 4.31 Å². The Morgan fingerprint density at radius 3 is 2.65 bits per heavy atom. The quantitative estimate of drug-likeness (QED) is 0.824. The zero-order valence-electron chi connectivity index (χ0n) is 10.2. The van der Waals surface area contributed by atoms with Gasteiger partial charge in [0.2, 0.25) is 10.0 Å². The molecule has 0 radical (unpaired) electrons. The van der Waals surface area contributed by atoms with Crippen LogP contribution in [0.5, 0.6) is 0 Å². The van der Waals surface area contributed by atoms with E-state index in [1.807, 2.05) is 0 Å². The van der Waals surface area contributed by atoms with Crippen LogP contribution in [0, 0.1) is 0 Å². The number of nitrogens with zero attached hydrogens (tertiary/aromatic N) is 1. The zero-order chi connectivity index (χ0) is 15.1. The Labute approximate surface area is 129 Å². The summed E-state index contributed by atoms with van der Waals surface area (Å²) < 4.78 is 26.3. The minimum absolute atomic E-state index is 0.0328. The highest BCUT2D eigenvalue weighted by Gasteiger charge is 2.32. The minimum Gasteiger partial charge on any atom is -0.478 e. The molecule has 9 heteroatoms. The predicted octanol–water partition coefficient (Wildman–Crippen LogP) is 1.52. The van der Waals surface area contributed by atoms with Crippen molar-refractivity contribution in [2.45, 2.75) is 17.4 Å². The van der Waals surface area contributed by atoms with Crippen molar-refractivity contribution < 1.29 is 18.3 Å². The van der Waals surface area contributed by atoms with E-state index >= 15 is 0 Å². The normalized spacial score (nSPS) is 20.2. The Morgan fingerprint density at radius 1 is 1.50 bits per heavy atom. The van der Waals surface area contributed by atoms with Gasteiger partial charge in [-0.15, -0.1) is 0 Å². The van der Waals surface area contributed by atoms with Crippen LogP contribution in [0.4, 0.5) is 0 Å². The fourth-order valence-corrected chi connectivity index (χ4v) is 4.36. The lowest BCUT2D eigenvalue weighted by atomic mass is 10.2. The maximum absolute atomic E-state index is 12.4. The molecule has 0 amide bonds. The van der Waals surface area contributed by atoms with Crippen LogP contribution in [-0.2, 0) is 10.0 Å². The summed E-state index contributed by atoms with van der Waals surface area (Å²) in [7, 11) is -3.77. The second kappa shape index (κ2) is 5.61. The lowest BCUT2D eigenvalue weighted by Crippen LogP contribution is -2.32. The van der Waals surface area contributed by atoms with Gasteiger partial charge in [-0.05, 0) is 34.5 Å². The number of aromatic carboxylic acids is 1. The van der Waals surface area contributed by atoms with Crippen LogP contribution in [0.2, 0.25) is 5.02 Å². The fourth-order valence-electron chi connectivity index (χ4n) is 1.99. The molecule has 1 heterocycles. The highest BCUT2D eigenvalue weighted by Crippen LogP contribution is 2.31. The van der Waals surface area contributed by atoms with Crippen LogP contribution >= 0.6 is 27.5 Å². The van der Waals surface area contributed by atoms with Gasteiger partial charge in [-0.25, -0.2) is 13.2 Å². The van der Waals surface area contributed by atoms with E-state index in [9.17, 15) is 13.2 Å². The molecule has 1 unspecified atom stereocenters. The molecule has 2 rings (SSSR count). The number of hydrogen-bond acceptors (Lipinski definition) is 4. The third-order valence-electron chi connectivity index (χ3n) is 3.06. The van der Waals surface area contributed by atoms with Gasteiger partial charge in [0.15, 0.2) is 0 Å². The number of carboxylic acids is 1. The van der Waals surface area contributed by atoms with E-state index in [1.165, 1.54) is 10.4 Å². The van der Waals surface area contributed by atoms with Crippen LogP contribution in [0.25, 0.3) is 0 Å². The molecule has 0 saturated carbocycles. The summed E-state index contributed by atoms with van der Waals surface area (Å²) in [6, 6.07) is 2.17. The van der Waals surface area contributed by atoms with E-state index in [0.717, 1.165) is 6.07 Å². The Balaban J connectivity index is 2.50. The molecule has 1 aromatic rings. The van der Waals surface area contributed by atoms with Crippen molar-refractivity contribution in [2.24, 2.45) is 5.73 Å². The second-order valence-corrected chi connectivity index (χ2v) is 7.65. The number of hydrogen-bond donors (Lipinski definition) is 2. The number of rotatable bonds is 3. The van der Waals surface area contributed by atoms with Gasteiger partial charge in [-0.1, -0.05) is 11.6 Å². The average molecular weight is 384 g/mol. The summed E-state index contributed by atoms with van der Waals surface area (Å²) in [5.41, 5.74) is 5.44. The lowest BCUT2D eigenvalue weighted by molar-refractivity contribution is 0.0696. The first-order valence-corrected chi connectivity index (χ1v) is 8.32. The van der Waals surface area contributed by atoms with Crippen LogP contribution < -0.4 is 5.73 Å². The topological polar surface area (TPSA) is 101 Å². The van der Waals surface area contributed by atoms with Crippen LogP contribution in [-0.4, -0.2) is 42.9 Å². The number of sulfonamides is 1. The van der Waals surface area contributed by atoms with Crippen LogP contribution in [0.3, 0.4) is 0 Å². The molecule has 110 valence electrons.